The normalized spacial score (nSPS) is 11.9. The van der Waals surface area contributed by atoms with Crippen LogP contribution in [0, 0.1) is 0 Å². The van der Waals surface area contributed by atoms with Gasteiger partial charge in [0.1, 0.15) is 6.54 Å². The summed E-state index contributed by atoms with van der Waals surface area (Å²) >= 11 is 5.84. The van der Waals surface area contributed by atoms with Crippen LogP contribution in [0.2, 0.25) is 5.02 Å². The summed E-state index contributed by atoms with van der Waals surface area (Å²) in [7, 11) is -3.61. The summed E-state index contributed by atoms with van der Waals surface area (Å²) in [6.07, 6.45) is 1.06. The lowest BCUT2D eigenvalue weighted by molar-refractivity contribution is -0.114. The van der Waals surface area contributed by atoms with Gasteiger partial charge in [-0.2, -0.15) is 0 Å². The molecule has 0 spiro atoms. The van der Waals surface area contributed by atoms with Gasteiger partial charge in [0, 0.05) is 10.7 Å². The smallest absolute Gasteiger partial charge is 0.245 e. The van der Waals surface area contributed by atoms with Crippen molar-refractivity contribution < 1.29 is 13.2 Å². The molecule has 1 amide bonds. The van der Waals surface area contributed by atoms with Crippen LogP contribution in [0.5, 0.6) is 0 Å². The molecule has 0 aromatic heterocycles. The predicted molar refractivity (Wildman–Crippen MR) is 107 cm³/mol. The molecule has 0 bridgehead atoms. The van der Waals surface area contributed by atoms with Crippen molar-refractivity contribution in [3.8, 4) is 0 Å². The number of sulfonamides is 1. The second-order valence-electron chi connectivity index (χ2n) is 7.12. The summed E-state index contributed by atoms with van der Waals surface area (Å²) in [5.74, 6) is -0.422. The molecule has 0 aliphatic rings. The van der Waals surface area contributed by atoms with Gasteiger partial charge in [-0.25, -0.2) is 8.42 Å². The first kappa shape index (κ1) is 20.3. The monoisotopic (exact) mass is 394 g/mol. The van der Waals surface area contributed by atoms with E-state index < -0.39 is 15.9 Å². The highest BCUT2D eigenvalue weighted by Crippen LogP contribution is 2.24. The van der Waals surface area contributed by atoms with Crippen molar-refractivity contribution in [1.29, 1.82) is 0 Å². The number of carbonyl (C=O) groups is 1. The van der Waals surface area contributed by atoms with Gasteiger partial charge in [-0.3, -0.25) is 9.10 Å². The number of hydrogen-bond acceptors (Lipinski definition) is 3. The van der Waals surface area contributed by atoms with E-state index in [0.29, 0.717) is 16.4 Å². The molecule has 0 unspecified atom stereocenters. The fraction of sp³-hybridized carbons (Fsp3) is 0.316. The van der Waals surface area contributed by atoms with Gasteiger partial charge in [0.25, 0.3) is 0 Å². The van der Waals surface area contributed by atoms with Gasteiger partial charge < -0.3 is 5.32 Å². The fourth-order valence-corrected chi connectivity index (χ4v) is 3.37. The third-order valence-corrected chi connectivity index (χ3v) is 5.23. The summed E-state index contributed by atoms with van der Waals surface area (Å²) in [5.41, 5.74) is 2.17. The molecule has 0 atom stereocenters. The molecule has 0 radical (unpaired) electrons. The Hall–Kier alpha value is -2.05. The Labute approximate surface area is 160 Å². The second kappa shape index (κ2) is 7.68. The largest absolute Gasteiger partial charge is 0.325 e. The first-order valence-corrected chi connectivity index (χ1v) is 10.3. The van der Waals surface area contributed by atoms with Gasteiger partial charge in [0.2, 0.25) is 15.9 Å². The summed E-state index contributed by atoms with van der Waals surface area (Å²) in [6.45, 7) is 6.01. The minimum absolute atomic E-state index is 0.0181. The van der Waals surface area contributed by atoms with Crippen molar-refractivity contribution in [3.05, 3.63) is 59.1 Å². The molecular weight excluding hydrogens is 372 g/mol. The Morgan fingerprint density at radius 3 is 2.04 bits per heavy atom. The van der Waals surface area contributed by atoms with Crippen molar-refractivity contribution in [3.63, 3.8) is 0 Å². The van der Waals surface area contributed by atoms with Crippen molar-refractivity contribution in [2.45, 2.75) is 26.2 Å². The van der Waals surface area contributed by atoms with Crippen LogP contribution in [0.3, 0.4) is 0 Å². The molecule has 0 fully saturated rings. The Morgan fingerprint density at radius 1 is 1.04 bits per heavy atom. The lowest BCUT2D eigenvalue weighted by atomic mass is 9.87. The number of anilines is 2. The number of carbonyl (C=O) groups excluding carboxylic acids is 1. The van der Waals surface area contributed by atoms with Gasteiger partial charge in [-0.05, 0) is 47.4 Å². The quantitative estimate of drug-likeness (QED) is 0.832. The molecule has 0 saturated carbocycles. The zero-order valence-corrected chi connectivity index (χ0v) is 16.9. The number of nitrogens with one attached hydrogen (secondary N) is 1. The van der Waals surface area contributed by atoms with Crippen molar-refractivity contribution >= 4 is 38.9 Å². The van der Waals surface area contributed by atoms with E-state index in [2.05, 4.69) is 26.1 Å². The molecule has 140 valence electrons. The number of amides is 1. The van der Waals surface area contributed by atoms with Gasteiger partial charge in [-0.1, -0.05) is 44.5 Å². The average molecular weight is 395 g/mol. The topological polar surface area (TPSA) is 66.5 Å². The van der Waals surface area contributed by atoms with Crippen LogP contribution in [-0.2, 0) is 20.2 Å². The van der Waals surface area contributed by atoms with Gasteiger partial charge in [-0.15, -0.1) is 0 Å². The minimum Gasteiger partial charge on any atom is -0.325 e. The first-order chi connectivity index (χ1) is 12.0. The number of rotatable bonds is 5. The minimum atomic E-state index is -3.61. The van der Waals surface area contributed by atoms with Crippen LogP contribution in [0.1, 0.15) is 26.3 Å². The van der Waals surface area contributed by atoms with Crippen LogP contribution < -0.4 is 9.62 Å². The summed E-state index contributed by atoms with van der Waals surface area (Å²) in [5, 5.41) is 3.22. The van der Waals surface area contributed by atoms with E-state index in [1.165, 1.54) is 0 Å². The highest BCUT2D eigenvalue weighted by atomic mass is 35.5. The van der Waals surface area contributed by atoms with Crippen molar-refractivity contribution in [2.75, 3.05) is 22.4 Å². The number of nitrogens with zero attached hydrogens (tertiary/aromatic N) is 1. The van der Waals surface area contributed by atoms with E-state index in [9.17, 15) is 13.2 Å². The Kier molecular flexibility index (Phi) is 5.98. The molecule has 26 heavy (non-hydrogen) atoms. The van der Waals surface area contributed by atoms with Crippen LogP contribution in [-0.4, -0.2) is 27.1 Å². The highest BCUT2D eigenvalue weighted by molar-refractivity contribution is 7.92. The third kappa shape index (κ3) is 5.47. The Bertz CT molecular complexity index is 870. The molecule has 2 aromatic rings. The highest BCUT2D eigenvalue weighted by Gasteiger charge is 2.21. The van der Waals surface area contributed by atoms with Crippen molar-refractivity contribution in [2.24, 2.45) is 0 Å². The molecule has 2 aromatic carbocycles. The SMILES string of the molecule is CC(C)(C)c1ccc(NC(=O)CN(c2ccc(Cl)cc2)S(C)(=O)=O)cc1. The summed E-state index contributed by atoms with van der Waals surface area (Å²) < 4.78 is 25.2. The van der Waals surface area contributed by atoms with Gasteiger partial charge in [0.15, 0.2) is 0 Å². The van der Waals surface area contributed by atoms with E-state index in [4.69, 9.17) is 11.6 Å². The van der Waals surface area contributed by atoms with E-state index in [0.717, 1.165) is 16.1 Å². The Morgan fingerprint density at radius 2 is 1.58 bits per heavy atom. The molecule has 2 rings (SSSR count). The van der Waals surface area contributed by atoms with Gasteiger partial charge in [0.05, 0.1) is 11.9 Å². The molecule has 1 N–H and O–H groups in total. The zero-order valence-electron chi connectivity index (χ0n) is 15.3. The molecule has 7 heteroatoms. The third-order valence-electron chi connectivity index (χ3n) is 3.84. The zero-order chi connectivity index (χ0) is 19.5. The molecule has 5 nitrogen and oxygen atoms in total. The van der Waals surface area contributed by atoms with Crippen LogP contribution in [0.25, 0.3) is 0 Å². The summed E-state index contributed by atoms with van der Waals surface area (Å²) in [6, 6.07) is 13.8. The number of halogens is 1. The molecule has 0 aliphatic carbocycles. The second-order valence-corrected chi connectivity index (χ2v) is 9.46. The standard InChI is InChI=1S/C19H23ClN2O3S/c1-19(2,3)14-5-9-16(10-6-14)21-18(23)13-22(26(4,24)25)17-11-7-15(20)8-12-17/h5-12H,13H2,1-4H3,(H,21,23). The molecule has 0 saturated heterocycles. The van der Waals surface area contributed by atoms with E-state index >= 15 is 0 Å². The Balaban J connectivity index is 2.14. The molecule has 0 aliphatic heterocycles. The number of benzene rings is 2. The van der Waals surface area contributed by atoms with Gasteiger partial charge >= 0.3 is 0 Å². The van der Waals surface area contributed by atoms with Crippen molar-refractivity contribution in [1.82, 2.24) is 0 Å². The lowest BCUT2D eigenvalue weighted by Crippen LogP contribution is -2.37. The maximum Gasteiger partial charge on any atom is 0.245 e. The fourth-order valence-electron chi connectivity index (χ4n) is 2.39. The maximum absolute atomic E-state index is 12.3. The number of hydrogen-bond donors (Lipinski definition) is 1. The maximum atomic E-state index is 12.3. The lowest BCUT2D eigenvalue weighted by Gasteiger charge is -2.22. The first-order valence-electron chi connectivity index (χ1n) is 8.10. The van der Waals surface area contributed by atoms with Crippen LogP contribution in [0.4, 0.5) is 11.4 Å². The van der Waals surface area contributed by atoms with Crippen LogP contribution >= 0.6 is 11.6 Å². The molecular formula is C19H23ClN2O3S. The van der Waals surface area contributed by atoms with E-state index in [1.807, 2.05) is 24.3 Å². The van der Waals surface area contributed by atoms with E-state index in [-0.39, 0.29) is 12.0 Å². The predicted octanol–water partition coefficient (Wildman–Crippen LogP) is 4.04. The average Bonchev–Trinajstić information content (AvgIpc) is 2.52. The molecule has 0 heterocycles. The summed E-state index contributed by atoms with van der Waals surface area (Å²) in [4.78, 5) is 12.3. The van der Waals surface area contributed by atoms with Crippen LogP contribution in [0.15, 0.2) is 48.5 Å². The van der Waals surface area contributed by atoms with E-state index in [1.54, 1.807) is 24.3 Å².